The van der Waals surface area contributed by atoms with Crippen molar-refractivity contribution in [1.82, 2.24) is 0 Å². The fourth-order valence-corrected chi connectivity index (χ4v) is 2.34. The molecule has 0 saturated carbocycles. The zero-order chi connectivity index (χ0) is 13.3. The summed E-state index contributed by atoms with van der Waals surface area (Å²) in [6.07, 6.45) is 0. The molecule has 1 unspecified atom stereocenters. The number of phenolic OH excluding ortho intramolecular Hbond substituents is 1. The first-order valence-electron chi connectivity index (χ1n) is 5.17. The molecule has 1 aromatic heterocycles. The molecular weight excluding hydrogens is 341 g/mol. The SMILES string of the molecule is CC(Nc1cc(Cl)c(O)c(Cl)c1)c1ccc(Br)o1. The zero-order valence-electron chi connectivity index (χ0n) is 9.38. The van der Waals surface area contributed by atoms with Gasteiger partial charge in [-0.25, -0.2) is 0 Å². The predicted molar refractivity (Wildman–Crippen MR) is 76.6 cm³/mol. The molecule has 2 aromatic rings. The van der Waals surface area contributed by atoms with E-state index in [1.54, 1.807) is 12.1 Å². The number of aromatic hydroxyl groups is 1. The minimum Gasteiger partial charge on any atom is -0.505 e. The van der Waals surface area contributed by atoms with Crippen LogP contribution < -0.4 is 5.32 Å². The number of nitrogens with one attached hydrogen (secondary N) is 1. The molecule has 96 valence electrons. The second kappa shape index (κ2) is 5.43. The van der Waals surface area contributed by atoms with E-state index in [9.17, 15) is 5.11 Å². The van der Waals surface area contributed by atoms with E-state index in [-0.39, 0.29) is 21.8 Å². The Morgan fingerprint density at radius 3 is 2.39 bits per heavy atom. The van der Waals surface area contributed by atoms with Gasteiger partial charge < -0.3 is 14.8 Å². The van der Waals surface area contributed by atoms with Crippen molar-refractivity contribution in [1.29, 1.82) is 0 Å². The van der Waals surface area contributed by atoms with Crippen molar-refractivity contribution in [2.45, 2.75) is 13.0 Å². The van der Waals surface area contributed by atoms with Crippen LogP contribution in [0, 0.1) is 0 Å². The Labute approximate surface area is 123 Å². The summed E-state index contributed by atoms with van der Waals surface area (Å²) in [4.78, 5) is 0. The van der Waals surface area contributed by atoms with Gasteiger partial charge in [0.15, 0.2) is 10.4 Å². The molecule has 0 saturated heterocycles. The largest absolute Gasteiger partial charge is 0.505 e. The van der Waals surface area contributed by atoms with Crippen LogP contribution in [0.4, 0.5) is 5.69 Å². The van der Waals surface area contributed by atoms with E-state index in [2.05, 4.69) is 21.2 Å². The summed E-state index contributed by atoms with van der Waals surface area (Å²) in [5.74, 6) is 0.666. The van der Waals surface area contributed by atoms with Crippen molar-refractivity contribution in [3.8, 4) is 5.75 Å². The van der Waals surface area contributed by atoms with Gasteiger partial charge in [-0.3, -0.25) is 0 Å². The predicted octanol–water partition coefficient (Wildman–Crippen LogP) is 5.23. The van der Waals surface area contributed by atoms with E-state index >= 15 is 0 Å². The first-order chi connectivity index (χ1) is 8.47. The summed E-state index contributed by atoms with van der Waals surface area (Å²) in [6.45, 7) is 1.94. The quantitative estimate of drug-likeness (QED) is 0.745. The standard InChI is InChI=1S/C12H10BrCl2NO2/c1-6(10-2-3-11(13)18-10)16-7-4-8(14)12(17)9(15)5-7/h2-6,16-17H,1H3. The van der Waals surface area contributed by atoms with E-state index < -0.39 is 0 Å². The third kappa shape index (κ3) is 2.94. The Kier molecular flexibility index (Phi) is 4.10. The van der Waals surface area contributed by atoms with Gasteiger partial charge >= 0.3 is 0 Å². The van der Waals surface area contributed by atoms with Gasteiger partial charge in [0.05, 0.1) is 16.1 Å². The molecule has 18 heavy (non-hydrogen) atoms. The molecule has 0 aliphatic carbocycles. The van der Waals surface area contributed by atoms with Gasteiger partial charge in [-0.15, -0.1) is 0 Å². The highest BCUT2D eigenvalue weighted by atomic mass is 79.9. The van der Waals surface area contributed by atoms with Crippen molar-refractivity contribution >= 4 is 44.8 Å². The molecule has 0 aliphatic rings. The number of rotatable bonds is 3. The summed E-state index contributed by atoms with van der Waals surface area (Å²) in [5.41, 5.74) is 0.711. The third-order valence-electron chi connectivity index (χ3n) is 2.42. The number of hydrogen-bond donors (Lipinski definition) is 2. The topological polar surface area (TPSA) is 45.4 Å². The Balaban J connectivity index is 2.19. The minimum atomic E-state index is -0.114. The number of phenols is 1. The number of furan rings is 1. The normalized spacial score (nSPS) is 12.4. The maximum Gasteiger partial charge on any atom is 0.169 e. The van der Waals surface area contributed by atoms with Crippen LogP contribution >= 0.6 is 39.1 Å². The smallest absolute Gasteiger partial charge is 0.169 e. The van der Waals surface area contributed by atoms with Crippen molar-refractivity contribution in [2.24, 2.45) is 0 Å². The summed E-state index contributed by atoms with van der Waals surface area (Å²) in [5, 5.41) is 13.1. The average Bonchev–Trinajstić information content (AvgIpc) is 2.72. The zero-order valence-corrected chi connectivity index (χ0v) is 12.5. The first kappa shape index (κ1) is 13.6. The van der Waals surface area contributed by atoms with Crippen LogP contribution in [-0.2, 0) is 0 Å². The second-order valence-corrected chi connectivity index (χ2v) is 5.39. The molecule has 1 aromatic carbocycles. The van der Waals surface area contributed by atoms with Crippen molar-refractivity contribution in [3.63, 3.8) is 0 Å². The van der Waals surface area contributed by atoms with Gasteiger partial charge in [0.1, 0.15) is 5.76 Å². The highest BCUT2D eigenvalue weighted by Crippen LogP contribution is 2.35. The summed E-state index contributed by atoms with van der Waals surface area (Å²) in [7, 11) is 0. The molecule has 0 radical (unpaired) electrons. The molecule has 2 N–H and O–H groups in total. The average molecular weight is 351 g/mol. The number of benzene rings is 1. The van der Waals surface area contributed by atoms with Gasteiger partial charge in [0, 0.05) is 5.69 Å². The van der Waals surface area contributed by atoms with E-state index in [0.29, 0.717) is 10.4 Å². The molecule has 0 aliphatic heterocycles. The van der Waals surface area contributed by atoms with Crippen LogP contribution in [0.5, 0.6) is 5.75 Å². The summed E-state index contributed by atoms with van der Waals surface area (Å²) >= 11 is 14.9. The molecule has 0 spiro atoms. The maximum absolute atomic E-state index is 9.47. The lowest BCUT2D eigenvalue weighted by Gasteiger charge is -2.14. The highest BCUT2D eigenvalue weighted by Gasteiger charge is 2.12. The summed E-state index contributed by atoms with van der Waals surface area (Å²) < 4.78 is 6.11. The van der Waals surface area contributed by atoms with Gasteiger partial charge in [0.25, 0.3) is 0 Å². The Hall–Kier alpha value is -0.840. The fourth-order valence-electron chi connectivity index (χ4n) is 1.53. The van der Waals surface area contributed by atoms with E-state index in [1.165, 1.54) is 0 Å². The van der Waals surface area contributed by atoms with Crippen molar-refractivity contribution in [3.05, 3.63) is 44.7 Å². The molecule has 6 heteroatoms. The lowest BCUT2D eigenvalue weighted by molar-refractivity contribution is 0.470. The molecular formula is C12H10BrCl2NO2. The van der Waals surface area contributed by atoms with Gasteiger partial charge in [-0.2, -0.15) is 0 Å². The first-order valence-corrected chi connectivity index (χ1v) is 6.72. The Morgan fingerprint density at radius 1 is 1.28 bits per heavy atom. The lowest BCUT2D eigenvalue weighted by Crippen LogP contribution is -2.05. The van der Waals surface area contributed by atoms with Gasteiger partial charge in [-0.1, -0.05) is 23.2 Å². The molecule has 1 atom stereocenters. The fraction of sp³-hybridized carbons (Fsp3) is 0.167. The molecule has 0 fully saturated rings. The number of hydrogen-bond acceptors (Lipinski definition) is 3. The van der Waals surface area contributed by atoms with Gasteiger partial charge in [-0.05, 0) is 47.1 Å². The minimum absolute atomic E-state index is 0.0482. The second-order valence-electron chi connectivity index (χ2n) is 3.80. The van der Waals surface area contributed by atoms with Crippen LogP contribution in [0.25, 0.3) is 0 Å². The van der Waals surface area contributed by atoms with E-state index in [0.717, 1.165) is 5.76 Å². The van der Waals surface area contributed by atoms with Crippen LogP contribution in [0.2, 0.25) is 10.0 Å². The monoisotopic (exact) mass is 349 g/mol. The number of anilines is 1. The van der Waals surface area contributed by atoms with Crippen LogP contribution in [0.3, 0.4) is 0 Å². The maximum atomic E-state index is 9.47. The molecule has 0 amide bonds. The van der Waals surface area contributed by atoms with E-state index in [4.69, 9.17) is 27.6 Å². The molecule has 1 heterocycles. The van der Waals surface area contributed by atoms with Crippen LogP contribution in [-0.4, -0.2) is 5.11 Å². The molecule has 2 rings (SSSR count). The number of halogens is 3. The van der Waals surface area contributed by atoms with Gasteiger partial charge in [0.2, 0.25) is 0 Å². The third-order valence-corrected chi connectivity index (χ3v) is 3.42. The Morgan fingerprint density at radius 2 is 1.89 bits per heavy atom. The Bertz CT molecular complexity index is 548. The lowest BCUT2D eigenvalue weighted by atomic mass is 10.2. The molecule has 3 nitrogen and oxygen atoms in total. The van der Waals surface area contributed by atoms with Crippen LogP contribution in [0.1, 0.15) is 18.7 Å². The van der Waals surface area contributed by atoms with E-state index in [1.807, 2.05) is 19.1 Å². The summed E-state index contributed by atoms with van der Waals surface area (Å²) in [6, 6.07) is 6.86. The highest BCUT2D eigenvalue weighted by molar-refractivity contribution is 9.10. The van der Waals surface area contributed by atoms with Crippen molar-refractivity contribution < 1.29 is 9.52 Å². The van der Waals surface area contributed by atoms with Crippen molar-refractivity contribution in [2.75, 3.05) is 5.32 Å². The van der Waals surface area contributed by atoms with Crippen LogP contribution in [0.15, 0.2) is 33.4 Å². The molecule has 0 bridgehead atoms.